The fourth-order valence-corrected chi connectivity index (χ4v) is 1.69. The van der Waals surface area contributed by atoms with E-state index in [0.717, 1.165) is 11.5 Å². The number of amides is 1. The van der Waals surface area contributed by atoms with Gasteiger partial charge in [0.05, 0.1) is 4.92 Å². The van der Waals surface area contributed by atoms with Gasteiger partial charge in [-0.25, -0.2) is 4.79 Å². The van der Waals surface area contributed by atoms with Gasteiger partial charge < -0.3 is 0 Å². The van der Waals surface area contributed by atoms with Crippen molar-refractivity contribution >= 4 is 28.3 Å². The van der Waals surface area contributed by atoms with E-state index in [1.165, 1.54) is 24.3 Å². The predicted molar refractivity (Wildman–Crippen MR) is 63.8 cm³/mol. The minimum absolute atomic E-state index is 0.101. The van der Waals surface area contributed by atoms with Crippen molar-refractivity contribution in [3.05, 3.63) is 50.4 Å². The third-order valence-electron chi connectivity index (χ3n) is 2.00. The number of carbonyl (C=O) groups is 1. The number of benzene rings is 1. The van der Waals surface area contributed by atoms with E-state index in [0.29, 0.717) is 0 Å². The smallest absolute Gasteiger partial charge is 0.297 e. The minimum Gasteiger partial charge on any atom is -0.297 e. The quantitative estimate of drug-likeness (QED) is 0.634. The monoisotopic (exact) mass is 266 g/mol. The summed E-state index contributed by atoms with van der Waals surface area (Å²) in [4.78, 5) is 35.8. The van der Waals surface area contributed by atoms with Crippen LogP contribution in [-0.2, 0) is 0 Å². The van der Waals surface area contributed by atoms with Gasteiger partial charge in [-0.3, -0.25) is 24.6 Å². The lowest BCUT2D eigenvalue weighted by molar-refractivity contribution is -0.384. The van der Waals surface area contributed by atoms with E-state index >= 15 is 0 Å². The molecule has 1 heterocycles. The number of H-pyrrole nitrogens is 1. The van der Waals surface area contributed by atoms with Crippen LogP contribution in [0.25, 0.3) is 0 Å². The van der Waals surface area contributed by atoms with Crippen molar-refractivity contribution in [2.24, 2.45) is 0 Å². The van der Waals surface area contributed by atoms with Crippen LogP contribution in [0.4, 0.5) is 10.8 Å². The number of non-ortho nitro benzene ring substituents is 1. The van der Waals surface area contributed by atoms with E-state index in [1.54, 1.807) is 0 Å². The molecule has 2 aromatic rings. The molecule has 0 fully saturated rings. The zero-order valence-corrected chi connectivity index (χ0v) is 9.56. The normalized spacial score (nSPS) is 10.0. The summed E-state index contributed by atoms with van der Waals surface area (Å²) in [5.74, 6) is -0.493. The SMILES string of the molecule is O=C(Nc1nc(=O)[nH]s1)c1ccc([N+](=O)[O-])cc1. The van der Waals surface area contributed by atoms with Gasteiger partial charge in [0.2, 0.25) is 5.13 Å². The molecule has 9 heteroatoms. The Labute approximate surface area is 104 Å². The zero-order valence-electron chi connectivity index (χ0n) is 8.75. The first kappa shape index (κ1) is 11.9. The summed E-state index contributed by atoms with van der Waals surface area (Å²) in [6, 6.07) is 5.09. The number of nitro benzene ring substituents is 1. The summed E-state index contributed by atoms with van der Waals surface area (Å²) >= 11 is 0.892. The number of rotatable bonds is 3. The summed E-state index contributed by atoms with van der Waals surface area (Å²) in [5, 5.41) is 13.0. The van der Waals surface area contributed by atoms with Crippen LogP contribution in [0, 0.1) is 10.1 Å². The number of carbonyl (C=O) groups excluding carboxylic acids is 1. The van der Waals surface area contributed by atoms with Crippen LogP contribution in [0.2, 0.25) is 0 Å². The van der Waals surface area contributed by atoms with Crippen molar-refractivity contribution in [2.45, 2.75) is 0 Å². The molecule has 2 rings (SSSR count). The van der Waals surface area contributed by atoms with Gasteiger partial charge in [0.15, 0.2) is 0 Å². The van der Waals surface area contributed by atoms with Gasteiger partial charge in [-0.05, 0) is 23.7 Å². The molecule has 0 saturated heterocycles. The Bertz CT molecular complexity index is 645. The number of aromatic nitrogens is 2. The zero-order chi connectivity index (χ0) is 13.1. The number of aromatic amines is 1. The van der Waals surface area contributed by atoms with Crippen LogP contribution in [0.15, 0.2) is 29.1 Å². The molecular formula is C9H6N4O4S. The molecule has 0 bridgehead atoms. The highest BCUT2D eigenvalue weighted by molar-refractivity contribution is 7.09. The second-order valence-electron chi connectivity index (χ2n) is 3.18. The first-order chi connectivity index (χ1) is 8.56. The third kappa shape index (κ3) is 2.58. The first-order valence-corrected chi connectivity index (χ1v) is 5.49. The van der Waals surface area contributed by atoms with Crippen LogP contribution < -0.4 is 11.0 Å². The lowest BCUT2D eigenvalue weighted by Gasteiger charge is -2.00. The standard InChI is InChI=1S/C9H6N4O4S/c14-7(10-9-11-8(15)12-18-9)5-1-3-6(4-2-5)13(16)17/h1-4H,(H2,10,11,12,14,15). The van der Waals surface area contributed by atoms with Crippen molar-refractivity contribution in [3.8, 4) is 0 Å². The molecule has 0 radical (unpaired) electrons. The van der Waals surface area contributed by atoms with Crippen LogP contribution in [0.3, 0.4) is 0 Å². The number of nitrogens with one attached hydrogen (secondary N) is 2. The highest BCUT2D eigenvalue weighted by atomic mass is 32.1. The Kier molecular flexibility index (Phi) is 3.15. The molecule has 1 aromatic carbocycles. The molecule has 0 spiro atoms. The largest absolute Gasteiger partial charge is 0.357 e. The highest BCUT2D eigenvalue weighted by Crippen LogP contribution is 2.13. The molecule has 2 N–H and O–H groups in total. The fourth-order valence-electron chi connectivity index (χ4n) is 1.19. The number of nitrogens with zero attached hydrogens (tertiary/aromatic N) is 2. The van der Waals surface area contributed by atoms with Gasteiger partial charge in [0.25, 0.3) is 11.6 Å². The van der Waals surface area contributed by atoms with Crippen molar-refractivity contribution < 1.29 is 9.72 Å². The van der Waals surface area contributed by atoms with Gasteiger partial charge in [-0.1, -0.05) is 0 Å². The van der Waals surface area contributed by atoms with E-state index in [-0.39, 0.29) is 16.4 Å². The Balaban J connectivity index is 2.14. The van der Waals surface area contributed by atoms with Crippen LogP contribution in [0.5, 0.6) is 0 Å². The van der Waals surface area contributed by atoms with Crippen molar-refractivity contribution in [1.29, 1.82) is 0 Å². The van der Waals surface area contributed by atoms with Crippen molar-refractivity contribution in [1.82, 2.24) is 9.36 Å². The Hall–Kier alpha value is -2.55. The minimum atomic E-state index is -0.554. The Morgan fingerprint density at radius 2 is 2.06 bits per heavy atom. The van der Waals surface area contributed by atoms with E-state index in [2.05, 4.69) is 14.7 Å². The van der Waals surface area contributed by atoms with Gasteiger partial charge >= 0.3 is 5.69 Å². The second-order valence-corrected chi connectivity index (χ2v) is 3.98. The maximum absolute atomic E-state index is 11.7. The molecule has 0 aliphatic heterocycles. The molecule has 18 heavy (non-hydrogen) atoms. The van der Waals surface area contributed by atoms with Gasteiger partial charge in [0, 0.05) is 17.7 Å². The van der Waals surface area contributed by atoms with Gasteiger partial charge in [-0.2, -0.15) is 4.98 Å². The maximum Gasteiger partial charge on any atom is 0.357 e. The molecule has 1 aromatic heterocycles. The molecule has 0 saturated carbocycles. The van der Waals surface area contributed by atoms with E-state index in [9.17, 15) is 19.7 Å². The Morgan fingerprint density at radius 1 is 1.39 bits per heavy atom. The molecule has 0 unspecified atom stereocenters. The highest BCUT2D eigenvalue weighted by Gasteiger charge is 2.11. The number of hydrogen-bond acceptors (Lipinski definition) is 6. The molecule has 0 aliphatic rings. The molecule has 1 amide bonds. The van der Waals surface area contributed by atoms with Gasteiger partial charge in [-0.15, -0.1) is 0 Å². The van der Waals surface area contributed by atoms with E-state index < -0.39 is 16.5 Å². The van der Waals surface area contributed by atoms with Crippen LogP contribution >= 0.6 is 11.5 Å². The number of hydrogen-bond donors (Lipinski definition) is 2. The lowest BCUT2D eigenvalue weighted by atomic mass is 10.2. The average Bonchev–Trinajstić information content (AvgIpc) is 2.75. The average molecular weight is 266 g/mol. The lowest BCUT2D eigenvalue weighted by Crippen LogP contribution is -2.12. The summed E-state index contributed by atoms with van der Waals surface area (Å²) in [6.45, 7) is 0. The molecule has 0 atom stereocenters. The molecule has 8 nitrogen and oxygen atoms in total. The third-order valence-corrected chi connectivity index (χ3v) is 2.66. The summed E-state index contributed by atoms with van der Waals surface area (Å²) in [7, 11) is 0. The first-order valence-electron chi connectivity index (χ1n) is 4.67. The fraction of sp³-hybridized carbons (Fsp3) is 0. The van der Waals surface area contributed by atoms with E-state index in [1.807, 2.05) is 0 Å². The second kappa shape index (κ2) is 4.75. The van der Waals surface area contributed by atoms with Crippen molar-refractivity contribution in [2.75, 3.05) is 5.32 Å². The van der Waals surface area contributed by atoms with Gasteiger partial charge in [0.1, 0.15) is 0 Å². The summed E-state index contributed by atoms with van der Waals surface area (Å²) < 4.78 is 2.32. The van der Waals surface area contributed by atoms with Crippen LogP contribution in [0.1, 0.15) is 10.4 Å². The van der Waals surface area contributed by atoms with Crippen molar-refractivity contribution in [3.63, 3.8) is 0 Å². The topological polar surface area (TPSA) is 118 Å². The molecular weight excluding hydrogens is 260 g/mol. The maximum atomic E-state index is 11.7. The summed E-state index contributed by atoms with van der Waals surface area (Å²) in [6.07, 6.45) is 0. The molecule has 92 valence electrons. The van der Waals surface area contributed by atoms with E-state index in [4.69, 9.17) is 0 Å². The molecule has 0 aliphatic carbocycles. The number of anilines is 1. The van der Waals surface area contributed by atoms with Crippen LogP contribution in [-0.4, -0.2) is 20.2 Å². The Morgan fingerprint density at radius 3 is 2.56 bits per heavy atom. The number of nitro groups is 1. The summed E-state index contributed by atoms with van der Waals surface area (Å²) in [5.41, 5.74) is -0.404. The predicted octanol–water partition coefficient (Wildman–Crippen LogP) is 0.992.